The van der Waals surface area contributed by atoms with Gasteiger partial charge >= 0.3 is 6.61 Å². The highest BCUT2D eigenvalue weighted by Crippen LogP contribution is 2.22. The van der Waals surface area contributed by atoms with E-state index < -0.39 is 6.61 Å². The molecule has 0 fully saturated rings. The number of aryl methyl sites for hydroxylation is 1. The first-order valence-corrected chi connectivity index (χ1v) is 8.59. The minimum Gasteiger partial charge on any atom is -0.468 e. The zero-order valence-corrected chi connectivity index (χ0v) is 16.0. The van der Waals surface area contributed by atoms with Gasteiger partial charge in [-0.15, -0.1) is 0 Å². The lowest BCUT2D eigenvalue weighted by Crippen LogP contribution is -2.41. The molecule has 1 atom stereocenters. The molecule has 0 radical (unpaired) electrons. The van der Waals surface area contributed by atoms with Gasteiger partial charge in [0.1, 0.15) is 11.5 Å². The average molecular weight is 380 g/mol. The Morgan fingerprint density at radius 3 is 2.63 bits per heavy atom. The van der Waals surface area contributed by atoms with Crippen LogP contribution in [0, 0.1) is 6.92 Å². The van der Waals surface area contributed by atoms with Crippen molar-refractivity contribution < 1.29 is 17.9 Å². The quantitative estimate of drug-likeness (QED) is 0.544. The van der Waals surface area contributed by atoms with E-state index in [2.05, 4.69) is 20.4 Å². The number of hydrogen-bond acceptors (Lipinski definition) is 4. The molecule has 148 valence electrons. The first-order valence-electron chi connectivity index (χ1n) is 8.59. The lowest BCUT2D eigenvalue weighted by Gasteiger charge is -2.24. The van der Waals surface area contributed by atoms with Gasteiger partial charge < -0.3 is 19.8 Å². The molecule has 0 saturated carbocycles. The molecule has 27 heavy (non-hydrogen) atoms. The van der Waals surface area contributed by atoms with Crippen molar-refractivity contribution >= 4 is 5.96 Å². The molecule has 0 saturated heterocycles. The number of guanidine groups is 1. The highest BCUT2D eigenvalue weighted by Gasteiger charge is 2.17. The van der Waals surface area contributed by atoms with E-state index in [1.54, 1.807) is 25.4 Å². The lowest BCUT2D eigenvalue weighted by atomic mass is 10.1. The van der Waals surface area contributed by atoms with Crippen LogP contribution in [-0.2, 0) is 6.54 Å². The number of benzene rings is 1. The molecule has 0 bridgehead atoms. The summed E-state index contributed by atoms with van der Waals surface area (Å²) in [6.45, 7) is -0.100. The summed E-state index contributed by atoms with van der Waals surface area (Å²) >= 11 is 0. The zero-order valence-electron chi connectivity index (χ0n) is 16.0. The maximum Gasteiger partial charge on any atom is 0.387 e. The van der Waals surface area contributed by atoms with Gasteiger partial charge in [0.05, 0.1) is 12.3 Å². The molecule has 2 rings (SSSR count). The van der Waals surface area contributed by atoms with Crippen LogP contribution in [0.15, 0.2) is 46.0 Å². The standard InChI is InChI=1S/C19H26F2N4O2/c1-13-7-8-16(27-18(20)21)14(10-13)11-23-19(22-2)24-12-15(25(3)4)17-6-5-9-26-17/h5-10,15,18H,11-12H2,1-4H3,(H2,22,23,24). The summed E-state index contributed by atoms with van der Waals surface area (Å²) in [5.41, 5.74) is 1.59. The largest absolute Gasteiger partial charge is 0.468 e. The van der Waals surface area contributed by atoms with Gasteiger partial charge in [-0.2, -0.15) is 8.78 Å². The number of nitrogens with one attached hydrogen (secondary N) is 2. The van der Waals surface area contributed by atoms with Crippen LogP contribution in [-0.4, -0.2) is 45.2 Å². The second-order valence-electron chi connectivity index (χ2n) is 6.29. The first kappa shape index (κ1) is 20.7. The van der Waals surface area contributed by atoms with Crippen molar-refractivity contribution in [2.45, 2.75) is 26.1 Å². The van der Waals surface area contributed by atoms with Gasteiger partial charge in [0.25, 0.3) is 0 Å². The molecule has 1 unspecified atom stereocenters. The van der Waals surface area contributed by atoms with E-state index in [4.69, 9.17) is 4.42 Å². The molecule has 1 aromatic heterocycles. The molecule has 0 amide bonds. The number of likely N-dealkylation sites (N-methyl/N-ethyl adjacent to an activating group) is 1. The topological polar surface area (TPSA) is 62.0 Å². The summed E-state index contributed by atoms with van der Waals surface area (Å²) < 4.78 is 35.3. The van der Waals surface area contributed by atoms with E-state index in [1.807, 2.05) is 44.1 Å². The van der Waals surface area contributed by atoms with Gasteiger partial charge in [-0.3, -0.25) is 9.89 Å². The van der Waals surface area contributed by atoms with Crippen molar-refractivity contribution in [1.82, 2.24) is 15.5 Å². The van der Waals surface area contributed by atoms with Crippen LogP contribution in [0.2, 0.25) is 0 Å². The Labute approximate surface area is 158 Å². The SMILES string of the molecule is CN=C(NCc1cc(C)ccc1OC(F)F)NCC(c1ccco1)N(C)C. The molecular formula is C19H26F2N4O2. The highest BCUT2D eigenvalue weighted by atomic mass is 19.3. The van der Waals surface area contributed by atoms with E-state index in [0.29, 0.717) is 24.6 Å². The number of nitrogens with zero attached hydrogens (tertiary/aromatic N) is 2. The number of ether oxygens (including phenoxy) is 1. The van der Waals surface area contributed by atoms with Crippen LogP contribution in [0.5, 0.6) is 5.75 Å². The summed E-state index contributed by atoms with van der Waals surface area (Å²) in [6.07, 6.45) is 1.64. The van der Waals surface area contributed by atoms with Crippen molar-refractivity contribution in [3.63, 3.8) is 0 Å². The van der Waals surface area contributed by atoms with Gasteiger partial charge in [0, 0.05) is 25.7 Å². The second-order valence-corrected chi connectivity index (χ2v) is 6.29. The Morgan fingerprint density at radius 1 is 1.26 bits per heavy atom. The summed E-state index contributed by atoms with van der Waals surface area (Å²) in [6, 6.07) is 8.89. The predicted molar refractivity (Wildman–Crippen MR) is 101 cm³/mol. The van der Waals surface area contributed by atoms with Crippen molar-refractivity contribution in [3.8, 4) is 5.75 Å². The Morgan fingerprint density at radius 2 is 2.04 bits per heavy atom. The number of halogens is 2. The van der Waals surface area contributed by atoms with E-state index >= 15 is 0 Å². The van der Waals surface area contributed by atoms with Crippen LogP contribution < -0.4 is 15.4 Å². The average Bonchev–Trinajstić information content (AvgIpc) is 3.13. The van der Waals surface area contributed by atoms with Gasteiger partial charge in [-0.1, -0.05) is 17.7 Å². The number of furan rings is 1. The van der Waals surface area contributed by atoms with Crippen LogP contribution in [0.1, 0.15) is 22.9 Å². The second kappa shape index (κ2) is 9.91. The van der Waals surface area contributed by atoms with Gasteiger partial charge in [0.15, 0.2) is 5.96 Å². The Bertz CT molecular complexity index is 733. The smallest absolute Gasteiger partial charge is 0.387 e. The molecule has 1 heterocycles. The minimum absolute atomic E-state index is 0.0234. The minimum atomic E-state index is -2.86. The maximum absolute atomic E-state index is 12.6. The molecule has 0 spiro atoms. The van der Waals surface area contributed by atoms with Crippen molar-refractivity contribution in [2.24, 2.45) is 4.99 Å². The van der Waals surface area contributed by atoms with Crippen LogP contribution in [0.25, 0.3) is 0 Å². The number of alkyl halides is 2. The normalized spacial score (nSPS) is 13.1. The molecule has 0 aliphatic rings. The van der Waals surface area contributed by atoms with Gasteiger partial charge in [-0.25, -0.2) is 0 Å². The van der Waals surface area contributed by atoms with Crippen molar-refractivity contribution in [1.29, 1.82) is 0 Å². The molecule has 2 N–H and O–H groups in total. The van der Waals surface area contributed by atoms with E-state index in [-0.39, 0.29) is 11.8 Å². The van der Waals surface area contributed by atoms with Crippen molar-refractivity contribution in [3.05, 3.63) is 53.5 Å². The first-order chi connectivity index (χ1) is 12.9. The maximum atomic E-state index is 12.6. The van der Waals surface area contributed by atoms with Crippen LogP contribution in [0.4, 0.5) is 8.78 Å². The molecule has 6 nitrogen and oxygen atoms in total. The summed E-state index contributed by atoms with van der Waals surface area (Å²) in [5, 5.41) is 6.36. The molecule has 1 aromatic carbocycles. The summed E-state index contributed by atoms with van der Waals surface area (Å²) in [5.74, 6) is 1.55. The van der Waals surface area contributed by atoms with Gasteiger partial charge in [0.2, 0.25) is 0 Å². The molecule has 0 aliphatic heterocycles. The Balaban J connectivity index is 1.99. The molecule has 0 aliphatic carbocycles. The number of rotatable bonds is 8. The molecule has 2 aromatic rings. The van der Waals surface area contributed by atoms with Crippen LogP contribution in [0.3, 0.4) is 0 Å². The zero-order chi connectivity index (χ0) is 19.8. The molecule has 8 heteroatoms. The Kier molecular flexibility index (Phi) is 7.60. The lowest BCUT2D eigenvalue weighted by molar-refractivity contribution is -0.0504. The van der Waals surface area contributed by atoms with E-state index in [9.17, 15) is 8.78 Å². The highest BCUT2D eigenvalue weighted by molar-refractivity contribution is 5.79. The summed E-state index contributed by atoms with van der Waals surface area (Å²) in [7, 11) is 5.58. The van der Waals surface area contributed by atoms with E-state index in [0.717, 1.165) is 11.3 Å². The summed E-state index contributed by atoms with van der Waals surface area (Å²) in [4.78, 5) is 6.22. The third kappa shape index (κ3) is 6.25. The van der Waals surface area contributed by atoms with E-state index in [1.165, 1.54) is 0 Å². The third-order valence-corrected chi connectivity index (χ3v) is 4.06. The van der Waals surface area contributed by atoms with Crippen LogP contribution >= 0.6 is 0 Å². The predicted octanol–water partition coefficient (Wildman–Crippen LogP) is 3.16. The molecular weight excluding hydrogens is 354 g/mol. The Hall–Kier alpha value is -2.61. The number of aliphatic imine (C=N–C) groups is 1. The number of hydrogen-bond donors (Lipinski definition) is 2. The van der Waals surface area contributed by atoms with Crippen molar-refractivity contribution in [2.75, 3.05) is 27.7 Å². The third-order valence-electron chi connectivity index (χ3n) is 4.06. The fraction of sp³-hybridized carbons (Fsp3) is 0.421. The fourth-order valence-corrected chi connectivity index (χ4v) is 2.67. The fourth-order valence-electron chi connectivity index (χ4n) is 2.67. The monoisotopic (exact) mass is 380 g/mol. The van der Waals surface area contributed by atoms with Gasteiger partial charge in [-0.05, 0) is 39.2 Å².